The van der Waals surface area contributed by atoms with Crippen molar-refractivity contribution in [3.63, 3.8) is 0 Å². The summed E-state index contributed by atoms with van der Waals surface area (Å²) in [5.41, 5.74) is 0. The van der Waals surface area contributed by atoms with E-state index in [2.05, 4.69) is 5.32 Å². The van der Waals surface area contributed by atoms with Crippen LogP contribution in [0.15, 0.2) is 0 Å². The van der Waals surface area contributed by atoms with Crippen molar-refractivity contribution < 1.29 is 13.6 Å². The van der Waals surface area contributed by atoms with Gasteiger partial charge in [-0.3, -0.25) is 4.79 Å². The molecule has 0 amide bonds. The molecule has 1 saturated heterocycles. The van der Waals surface area contributed by atoms with Gasteiger partial charge in [0, 0.05) is 6.42 Å². The third-order valence-corrected chi connectivity index (χ3v) is 1.60. The lowest BCUT2D eigenvalue weighted by Crippen LogP contribution is -2.28. The monoisotopic (exact) mass is 149 g/mol. The smallest absolute Gasteiger partial charge is 0.262 e. The van der Waals surface area contributed by atoms with Crippen molar-refractivity contribution in [1.82, 2.24) is 5.32 Å². The molecule has 1 heterocycles. The maximum atomic E-state index is 12.3. The molecule has 1 atom stereocenters. The first-order chi connectivity index (χ1) is 4.51. The van der Waals surface area contributed by atoms with Crippen molar-refractivity contribution in [2.45, 2.75) is 25.3 Å². The molecular weight excluding hydrogens is 140 g/mol. The molecule has 0 unspecified atom stereocenters. The van der Waals surface area contributed by atoms with Crippen LogP contribution in [0.5, 0.6) is 0 Å². The second kappa shape index (κ2) is 2.27. The Bertz CT molecular complexity index is 158. The molecule has 0 aliphatic carbocycles. The minimum atomic E-state index is -2.68. The summed E-state index contributed by atoms with van der Waals surface area (Å²) in [6.45, 7) is 0.955. The van der Waals surface area contributed by atoms with Gasteiger partial charge < -0.3 is 5.32 Å². The van der Waals surface area contributed by atoms with Crippen LogP contribution in [0.3, 0.4) is 0 Å². The third-order valence-electron chi connectivity index (χ3n) is 1.60. The van der Waals surface area contributed by atoms with Crippen molar-refractivity contribution in [2.24, 2.45) is 0 Å². The van der Waals surface area contributed by atoms with Gasteiger partial charge >= 0.3 is 0 Å². The van der Waals surface area contributed by atoms with Gasteiger partial charge in [-0.1, -0.05) is 0 Å². The van der Waals surface area contributed by atoms with Crippen LogP contribution in [0.25, 0.3) is 0 Å². The van der Waals surface area contributed by atoms with Crippen LogP contribution in [0.1, 0.15) is 13.3 Å². The molecule has 0 aromatic carbocycles. The van der Waals surface area contributed by atoms with Gasteiger partial charge in [0.1, 0.15) is 5.78 Å². The number of hydrogen-bond donors (Lipinski definition) is 1. The van der Waals surface area contributed by atoms with E-state index < -0.39 is 12.0 Å². The van der Waals surface area contributed by atoms with Crippen LogP contribution in [-0.4, -0.2) is 24.3 Å². The highest BCUT2D eigenvalue weighted by atomic mass is 19.3. The molecule has 1 fully saturated rings. The van der Waals surface area contributed by atoms with Gasteiger partial charge in [0.15, 0.2) is 0 Å². The van der Waals surface area contributed by atoms with E-state index in [1.807, 2.05) is 0 Å². The molecule has 0 radical (unpaired) electrons. The van der Waals surface area contributed by atoms with Gasteiger partial charge in [0.05, 0.1) is 12.6 Å². The van der Waals surface area contributed by atoms with E-state index in [4.69, 9.17) is 0 Å². The number of hydrogen-bond acceptors (Lipinski definition) is 2. The molecule has 0 bridgehead atoms. The van der Waals surface area contributed by atoms with E-state index in [0.717, 1.165) is 0 Å². The number of alkyl halides is 2. The molecule has 1 N–H and O–H groups in total. The average Bonchev–Trinajstić information content (AvgIpc) is 2.10. The zero-order valence-electron chi connectivity index (χ0n) is 5.66. The summed E-state index contributed by atoms with van der Waals surface area (Å²) in [7, 11) is 0. The molecule has 4 heteroatoms. The first-order valence-electron chi connectivity index (χ1n) is 3.13. The molecule has 0 spiro atoms. The number of ketones is 1. The Morgan fingerprint density at radius 3 is 2.50 bits per heavy atom. The summed E-state index contributed by atoms with van der Waals surface area (Å²) >= 11 is 0. The summed E-state index contributed by atoms with van der Waals surface area (Å²) in [5.74, 6) is -2.90. The SMILES string of the molecule is CC(=O)[C@H]1CC(F)(F)CN1. The topological polar surface area (TPSA) is 29.1 Å². The molecule has 2 nitrogen and oxygen atoms in total. The lowest BCUT2D eigenvalue weighted by atomic mass is 10.1. The van der Waals surface area contributed by atoms with Crippen LogP contribution in [0.2, 0.25) is 0 Å². The number of carbonyl (C=O) groups is 1. The number of Topliss-reactive ketones (excluding diaryl/α,β-unsaturated/α-hetero) is 1. The van der Waals surface area contributed by atoms with Crippen molar-refractivity contribution in [1.29, 1.82) is 0 Å². The van der Waals surface area contributed by atoms with Crippen molar-refractivity contribution in [2.75, 3.05) is 6.54 Å². The van der Waals surface area contributed by atoms with Crippen LogP contribution in [-0.2, 0) is 4.79 Å². The Balaban J connectivity index is 2.51. The highest BCUT2D eigenvalue weighted by molar-refractivity contribution is 5.81. The second-order valence-electron chi connectivity index (χ2n) is 2.60. The summed E-state index contributed by atoms with van der Waals surface area (Å²) in [5, 5.41) is 2.45. The van der Waals surface area contributed by atoms with Gasteiger partial charge in [-0.2, -0.15) is 0 Å². The van der Waals surface area contributed by atoms with Gasteiger partial charge in [-0.25, -0.2) is 8.78 Å². The fourth-order valence-electron chi connectivity index (χ4n) is 1.00. The standard InChI is InChI=1S/C6H9F2NO/c1-4(10)5-2-6(7,8)3-9-5/h5,9H,2-3H2,1H3/t5-/m1/s1. The Hall–Kier alpha value is -0.510. The highest BCUT2D eigenvalue weighted by Gasteiger charge is 2.40. The third kappa shape index (κ3) is 1.50. The van der Waals surface area contributed by atoms with E-state index in [9.17, 15) is 13.6 Å². The molecule has 58 valence electrons. The van der Waals surface area contributed by atoms with Crippen molar-refractivity contribution in [3.05, 3.63) is 0 Å². The fourth-order valence-corrected chi connectivity index (χ4v) is 1.00. The predicted molar refractivity (Wildman–Crippen MR) is 32.0 cm³/mol. The van der Waals surface area contributed by atoms with E-state index in [0.29, 0.717) is 0 Å². The summed E-state index contributed by atoms with van der Waals surface area (Å²) in [4.78, 5) is 10.5. The Kier molecular flexibility index (Phi) is 1.72. The fraction of sp³-hybridized carbons (Fsp3) is 0.833. The molecular formula is C6H9F2NO. The van der Waals surface area contributed by atoms with Gasteiger partial charge in [0.25, 0.3) is 5.92 Å². The van der Waals surface area contributed by atoms with Crippen LogP contribution >= 0.6 is 0 Å². The highest BCUT2D eigenvalue weighted by Crippen LogP contribution is 2.25. The number of rotatable bonds is 1. The van der Waals surface area contributed by atoms with Gasteiger partial charge in [-0.05, 0) is 6.92 Å². The van der Waals surface area contributed by atoms with E-state index in [1.54, 1.807) is 0 Å². The van der Waals surface area contributed by atoms with Crippen molar-refractivity contribution in [3.8, 4) is 0 Å². The Labute approximate surface area is 57.6 Å². The normalized spacial score (nSPS) is 30.5. The number of halogens is 2. The molecule has 0 saturated carbocycles. The average molecular weight is 149 g/mol. The van der Waals surface area contributed by atoms with E-state index in [1.165, 1.54) is 6.92 Å². The molecule has 1 aliphatic heterocycles. The lowest BCUT2D eigenvalue weighted by Gasteiger charge is -2.04. The van der Waals surface area contributed by atoms with Crippen LogP contribution in [0.4, 0.5) is 8.78 Å². The minimum absolute atomic E-state index is 0.211. The van der Waals surface area contributed by atoms with Gasteiger partial charge in [0.2, 0.25) is 0 Å². The maximum Gasteiger partial charge on any atom is 0.262 e. The van der Waals surface area contributed by atoms with Gasteiger partial charge in [-0.15, -0.1) is 0 Å². The lowest BCUT2D eigenvalue weighted by molar-refractivity contribution is -0.119. The minimum Gasteiger partial charge on any atom is -0.302 e. The first-order valence-corrected chi connectivity index (χ1v) is 3.13. The molecule has 0 aromatic rings. The summed E-state index contributed by atoms with van der Waals surface area (Å²) in [6.07, 6.45) is -0.345. The quantitative estimate of drug-likeness (QED) is 0.590. The predicted octanol–water partition coefficient (Wildman–Crippen LogP) is 0.573. The second-order valence-corrected chi connectivity index (χ2v) is 2.60. The molecule has 10 heavy (non-hydrogen) atoms. The zero-order chi connectivity index (χ0) is 7.78. The Morgan fingerprint density at radius 1 is 1.70 bits per heavy atom. The summed E-state index contributed by atoms with van der Waals surface area (Å²) in [6, 6.07) is -0.630. The van der Waals surface area contributed by atoms with Crippen molar-refractivity contribution >= 4 is 5.78 Å². The summed E-state index contributed by atoms with van der Waals surface area (Å²) < 4.78 is 24.7. The molecule has 1 aliphatic rings. The Morgan fingerprint density at radius 2 is 2.30 bits per heavy atom. The number of carbonyl (C=O) groups excluding carboxylic acids is 1. The van der Waals surface area contributed by atoms with Crippen LogP contribution < -0.4 is 5.32 Å². The maximum absolute atomic E-state index is 12.3. The first kappa shape index (κ1) is 7.60. The number of nitrogens with one attached hydrogen (secondary N) is 1. The van der Waals surface area contributed by atoms with E-state index in [-0.39, 0.29) is 18.7 Å². The molecule has 0 aromatic heterocycles. The zero-order valence-corrected chi connectivity index (χ0v) is 5.66. The van der Waals surface area contributed by atoms with E-state index >= 15 is 0 Å². The van der Waals surface area contributed by atoms with Crippen LogP contribution in [0, 0.1) is 0 Å². The molecule has 1 rings (SSSR count). The largest absolute Gasteiger partial charge is 0.302 e.